The number of Topliss-reactive ketones (excluding diaryl/α,β-unsaturated/α-hetero) is 1. The second-order valence-corrected chi connectivity index (χ2v) is 3.79. The zero-order valence-electron chi connectivity index (χ0n) is 10.1. The van der Waals surface area contributed by atoms with Crippen LogP contribution in [0.4, 0.5) is 0 Å². The molecule has 0 radical (unpaired) electrons. The maximum atomic E-state index is 11.7. The van der Waals surface area contributed by atoms with E-state index in [1.165, 1.54) is 18.6 Å². The molecule has 0 fully saturated rings. The maximum absolute atomic E-state index is 11.7. The molecule has 0 unspecified atom stereocenters. The van der Waals surface area contributed by atoms with Crippen molar-refractivity contribution in [1.29, 1.82) is 0 Å². The normalized spacial score (nSPS) is 10.5. The minimum atomic E-state index is -0.564. The predicted octanol–water partition coefficient (Wildman–Crippen LogP) is 2.72. The monoisotopic (exact) mass is 256 g/mol. The molecule has 1 heterocycles. The van der Waals surface area contributed by atoms with Gasteiger partial charge in [-0.2, -0.15) is 0 Å². The van der Waals surface area contributed by atoms with Gasteiger partial charge in [-0.25, -0.2) is 4.79 Å². The molecule has 96 valence electrons. The third kappa shape index (κ3) is 3.96. The lowest BCUT2D eigenvalue weighted by molar-refractivity contribution is -0.136. The molecule has 1 aromatic heterocycles. The number of carbonyl (C=O) groups excluding carboxylic acids is 2. The fourth-order valence-electron chi connectivity index (χ4n) is 1.43. The maximum Gasteiger partial charge on any atom is 0.331 e. The highest BCUT2D eigenvalue weighted by Crippen LogP contribution is 2.03. The first-order chi connectivity index (χ1) is 9.25. The van der Waals surface area contributed by atoms with Crippen molar-refractivity contribution in [2.75, 3.05) is 6.61 Å². The van der Waals surface area contributed by atoms with Crippen LogP contribution in [0.2, 0.25) is 0 Å². The standard InChI is InChI=1S/C15H12O4/c16-14(13-4-2-1-3-5-13)11-19-15(17)7-6-12-8-9-18-10-12/h1-10H,11H2/b7-6+. The van der Waals surface area contributed by atoms with Crippen molar-refractivity contribution in [2.24, 2.45) is 0 Å². The first-order valence-electron chi connectivity index (χ1n) is 5.71. The summed E-state index contributed by atoms with van der Waals surface area (Å²) in [7, 11) is 0. The highest BCUT2D eigenvalue weighted by atomic mass is 16.5. The quantitative estimate of drug-likeness (QED) is 0.469. The van der Waals surface area contributed by atoms with Gasteiger partial charge in [-0.3, -0.25) is 4.79 Å². The summed E-state index contributed by atoms with van der Waals surface area (Å²) in [5.41, 5.74) is 1.28. The van der Waals surface area contributed by atoms with E-state index in [9.17, 15) is 9.59 Å². The third-order valence-electron chi connectivity index (χ3n) is 2.40. The lowest BCUT2D eigenvalue weighted by Gasteiger charge is -2.01. The molecule has 0 aliphatic heterocycles. The molecule has 2 aromatic rings. The first-order valence-corrected chi connectivity index (χ1v) is 5.71. The highest BCUT2D eigenvalue weighted by molar-refractivity contribution is 5.98. The van der Waals surface area contributed by atoms with Gasteiger partial charge in [-0.05, 0) is 12.1 Å². The van der Waals surface area contributed by atoms with E-state index in [-0.39, 0.29) is 12.4 Å². The lowest BCUT2D eigenvalue weighted by Crippen LogP contribution is -2.12. The number of hydrogen-bond donors (Lipinski definition) is 0. The molecule has 4 heteroatoms. The van der Waals surface area contributed by atoms with E-state index in [1.54, 1.807) is 36.4 Å². The molecule has 1 aromatic carbocycles. The summed E-state index contributed by atoms with van der Waals surface area (Å²) in [5, 5.41) is 0. The zero-order chi connectivity index (χ0) is 13.5. The van der Waals surface area contributed by atoms with Crippen molar-refractivity contribution in [3.63, 3.8) is 0 Å². The molecular weight excluding hydrogens is 244 g/mol. The zero-order valence-corrected chi connectivity index (χ0v) is 10.1. The molecule has 0 saturated carbocycles. The van der Waals surface area contributed by atoms with Crippen LogP contribution < -0.4 is 0 Å². The van der Waals surface area contributed by atoms with Crippen molar-refractivity contribution in [2.45, 2.75) is 0 Å². The molecule has 19 heavy (non-hydrogen) atoms. The summed E-state index contributed by atoms with van der Waals surface area (Å²) < 4.78 is 9.70. The van der Waals surface area contributed by atoms with Gasteiger partial charge in [0.05, 0.1) is 12.5 Å². The number of carbonyl (C=O) groups is 2. The minimum absolute atomic E-state index is 0.231. The Bertz CT molecular complexity index is 567. The average molecular weight is 256 g/mol. The molecule has 0 saturated heterocycles. The molecule has 0 aliphatic rings. The molecule has 0 atom stereocenters. The Balaban J connectivity index is 1.82. The summed E-state index contributed by atoms with van der Waals surface area (Å²) in [6.07, 6.45) is 5.81. The predicted molar refractivity (Wildman–Crippen MR) is 69.5 cm³/mol. The van der Waals surface area contributed by atoms with Gasteiger partial charge < -0.3 is 9.15 Å². The van der Waals surface area contributed by atoms with Gasteiger partial charge in [0, 0.05) is 17.2 Å². The van der Waals surface area contributed by atoms with Gasteiger partial charge >= 0.3 is 5.97 Å². The van der Waals surface area contributed by atoms with Gasteiger partial charge in [0.25, 0.3) is 0 Å². The van der Waals surface area contributed by atoms with E-state index in [2.05, 4.69) is 0 Å². The topological polar surface area (TPSA) is 56.5 Å². The number of benzene rings is 1. The van der Waals surface area contributed by atoms with E-state index in [4.69, 9.17) is 9.15 Å². The van der Waals surface area contributed by atoms with Crippen LogP contribution in [-0.4, -0.2) is 18.4 Å². The lowest BCUT2D eigenvalue weighted by atomic mass is 10.1. The molecule has 0 N–H and O–H groups in total. The van der Waals surface area contributed by atoms with Crippen molar-refractivity contribution in [1.82, 2.24) is 0 Å². The first kappa shape index (κ1) is 12.8. The van der Waals surface area contributed by atoms with E-state index in [1.807, 2.05) is 6.07 Å². The Hall–Kier alpha value is -2.62. The van der Waals surface area contributed by atoms with Gasteiger partial charge in [0.1, 0.15) is 0 Å². The summed E-state index contributed by atoms with van der Waals surface area (Å²) in [5.74, 6) is -0.795. The molecular formula is C15H12O4. The molecule has 2 rings (SSSR count). The molecule has 0 aliphatic carbocycles. The van der Waals surface area contributed by atoms with Gasteiger partial charge in [-0.15, -0.1) is 0 Å². The Morgan fingerprint density at radius 3 is 2.63 bits per heavy atom. The number of ketones is 1. The average Bonchev–Trinajstić information content (AvgIpc) is 2.96. The molecule has 4 nitrogen and oxygen atoms in total. The Morgan fingerprint density at radius 1 is 1.16 bits per heavy atom. The van der Waals surface area contributed by atoms with E-state index < -0.39 is 5.97 Å². The molecule has 0 bridgehead atoms. The second kappa shape index (κ2) is 6.35. The fraction of sp³-hybridized carbons (Fsp3) is 0.0667. The van der Waals surface area contributed by atoms with Crippen molar-refractivity contribution >= 4 is 17.8 Å². The Labute approximate surface area is 110 Å². The van der Waals surface area contributed by atoms with Gasteiger partial charge in [0.15, 0.2) is 12.4 Å². The van der Waals surface area contributed by atoms with Crippen LogP contribution in [0.25, 0.3) is 6.08 Å². The van der Waals surface area contributed by atoms with Crippen LogP contribution in [0.5, 0.6) is 0 Å². The molecule has 0 spiro atoms. The number of esters is 1. The van der Waals surface area contributed by atoms with Gasteiger partial charge in [0.2, 0.25) is 0 Å². The summed E-state index contributed by atoms with van der Waals surface area (Å²) in [6, 6.07) is 10.4. The van der Waals surface area contributed by atoms with E-state index >= 15 is 0 Å². The number of rotatable bonds is 5. The molecule has 0 amide bonds. The summed E-state index contributed by atoms with van der Waals surface area (Å²) >= 11 is 0. The number of furan rings is 1. The fourth-order valence-corrected chi connectivity index (χ4v) is 1.43. The van der Waals surface area contributed by atoms with Crippen molar-refractivity contribution < 1.29 is 18.7 Å². The second-order valence-electron chi connectivity index (χ2n) is 3.79. The van der Waals surface area contributed by atoms with Crippen molar-refractivity contribution in [3.05, 3.63) is 66.1 Å². The largest absolute Gasteiger partial charge is 0.472 e. The van der Waals surface area contributed by atoms with Crippen LogP contribution in [0.15, 0.2) is 59.4 Å². The van der Waals surface area contributed by atoms with E-state index in [0.717, 1.165) is 5.56 Å². The number of ether oxygens (including phenoxy) is 1. The highest BCUT2D eigenvalue weighted by Gasteiger charge is 2.07. The van der Waals surface area contributed by atoms with Crippen LogP contribution in [-0.2, 0) is 9.53 Å². The smallest absolute Gasteiger partial charge is 0.331 e. The van der Waals surface area contributed by atoms with Crippen LogP contribution in [0, 0.1) is 0 Å². The summed E-state index contributed by atoms with van der Waals surface area (Å²) in [4.78, 5) is 23.0. The number of hydrogen-bond acceptors (Lipinski definition) is 4. The van der Waals surface area contributed by atoms with Crippen LogP contribution in [0.1, 0.15) is 15.9 Å². The van der Waals surface area contributed by atoms with E-state index in [0.29, 0.717) is 5.56 Å². The van der Waals surface area contributed by atoms with Crippen molar-refractivity contribution in [3.8, 4) is 0 Å². The Kier molecular flexibility index (Phi) is 4.29. The summed E-state index contributed by atoms with van der Waals surface area (Å²) in [6.45, 7) is -0.265. The Morgan fingerprint density at radius 2 is 1.95 bits per heavy atom. The SMILES string of the molecule is O=C(/C=C/c1ccoc1)OCC(=O)c1ccccc1. The van der Waals surface area contributed by atoms with Crippen LogP contribution >= 0.6 is 0 Å². The minimum Gasteiger partial charge on any atom is -0.472 e. The van der Waals surface area contributed by atoms with Crippen LogP contribution in [0.3, 0.4) is 0 Å². The third-order valence-corrected chi connectivity index (χ3v) is 2.40. The van der Waals surface area contributed by atoms with Gasteiger partial charge in [-0.1, -0.05) is 30.3 Å².